The van der Waals surface area contributed by atoms with Gasteiger partial charge in [0.2, 0.25) is 5.13 Å². The van der Waals surface area contributed by atoms with E-state index in [2.05, 4.69) is 15.5 Å². The second kappa shape index (κ2) is 6.86. The fourth-order valence-electron chi connectivity index (χ4n) is 2.64. The van der Waals surface area contributed by atoms with Crippen molar-refractivity contribution >= 4 is 22.4 Å². The Labute approximate surface area is 144 Å². The Kier molecular flexibility index (Phi) is 4.44. The van der Waals surface area contributed by atoms with Crippen LogP contribution >= 0.6 is 11.3 Å². The quantitative estimate of drug-likeness (QED) is 0.870. The molecule has 1 N–H and O–H groups in total. The highest BCUT2D eigenvalue weighted by Crippen LogP contribution is 2.42. The van der Waals surface area contributed by atoms with Crippen LogP contribution in [0.2, 0.25) is 0 Å². The summed E-state index contributed by atoms with van der Waals surface area (Å²) in [6.45, 7) is 1.33. The highest BCUT2D eigenvalue weighted by atomic mass is 32.1. The summed E-state index contributed by atoms with van der Waals surface area (Å²) in [6, 6.07) is 7.17. The lowest BCUT2D eigenvalue weighted by Gasteiger charge is -2.12. The Hall–Kier alpha value is -1.99. The maximum Gasteiger partial charge on any atom is 0.257 e. The number of nitrogens with one attached hydrogen (secondary N) is 1. The van der Waals surface area contributed by atoms with Crippen LogP contribution in [0.5, 0.6) is 5.75 Å². The van der Waals surface area contributed by atoms with Gasteiger partial charge in [0, 0.05) is 18.1 Å². The zero-order valence-electron chi connectivity index (χ0n) is 13.2. The minimum Gasteiger partial charge on any atom is -0.491 e. The molecular weight excluding hydrogens is 326 g/mol. The van der Waals surface area contributed by atoms with Crippen molar-refractivity contribution in [3.05, 3.63) is 34.8 Å². The van der Waals surface area contributed by atoms with Crippen LogP contribution in [0.25, 0.3) is 0 Å². The Balaban J connectivity index is 1.36. The van der Waals surface area contributed by atoms with Crippen molar-refractivity contribution in [3.8, 4) is 5.75 Å². The number of carbonyl (C=O) groups excluding carboxylic acids is 1. The van der Waals surface area contributed by atoms with E-state index < -0.39 is 0 Å². The molecule has 7 heteroatoms. The number of aromatic nitrogens is 2. The van der Waals surface area contributed by atoms with Crippen LogP contribution in [-0.4, -0.2) is 35.4 Å². The summed E-state index contributed by atoms with van der Waals surface area (Å²) in [6.07, 6.45) is 4.62. The summed E-state index contributed by atoms with van der Waals surface area (Å²) in [4.78, 5) is 12.4. The van der Waals surface area contributed by atoms with Crippen molar-refractivity contribution in [1.29, 1.82) is 0 Å². The molecule has 0 spiro atoms. The minimum absolute atomic E-state index is 0.157. The predicted octanol–water partition coefficient (Wildman–Crippen LogP) is 3.23. The van der Waals surface area contributed by atoms with E-state index in [0.29, 0.717) is 29.0 Å². The van der Waals surface area contributed by atoms with Crippen molar-refractivity contribution in [1.82, 2.24) is 10.2 Å². The molecule has 2 fully saturated rings. The van der Waals surface area contributed by atoms with Crippen molar-refractivity contribution in [2.45, 2.75) is 37.7 Å². The molecular formula is C17H19N3O3S. The zero-order valence-corrected chi connectivity index (χ0v) is 14.1. The Morgan fingerprint density at radius 2 is 2.25 bits per heavy atom. The van der Waals surface area contributed by atoms with Crippen molar-refractivity contribution < 1.29 is 14.3 Å². The van der Waals surface area contributed by atoms with Gasteiger partial charge in [-0.05, 0) is 43.9 Å². The summed E-state index contributed by atoms with van der Waals surface area (Å²) >= 11 is 1.46. The number of nitrogens with zero attached hydrogens (tertiary/aromatic N) is 2. The van der Waals surface area contributed by atoms with Gasteiger partial charge in [-0.1, -0.05) is 17.4 Å². The molecule has 24 heavy (non-hydrogen) atoms. The van der Waals surface area contributed by atoms with Crippen LogP contribution in [0.4, 0.5) is 5.13 Å². The third-order valence-corrected chi connectivity index (χ3v) is 5.14. The Morgan fingerprint density at radius 3 is 3.04 bits per heavy atom. The largest absolute Gasteiger partial charge is 0.491 e. The maximum atomic E-state index is 12.4. The highest BCUT2D eigenvalue weighted by Gasteiger charge is 2.27. The Bertz CT molecular complexity index is 723. The molecule has 1 aliphatic carbocycles. The minimum atomic E-state index is -0.198. The fraction of sp³-hybridized carbons (Fsp3) is 0.471. The molecule has 1 amide bonds. The summed E-state index contributed by atoms with van der Waals surface area (Å²) < 4.78 is 11.3. The molecule has 2 heterocycles. The van der Waals surface area contributed by atoms with Gasteiger partial charge in [-0.3, -0.25) is 10.1 Å². The normalized spacial score (nSPS) is 20.1. The first-order chi connectivity index (χ1) is 11.8. The van der Waals surface area contributed by atoms with Crippen LogP contribution in [0.15, 0.2) is 24.3 Å². The van der Waals surface area contributed by atoms with Crippen LogP contribution in [-0.2, 0) is 4.74 Å². The molecule has 1 aromatic heterocycles. The van der Waals surface area contributed by atoms with Gasteiger partial charge in [0.05, 0.1) is 6.10 Å². The molecule has 1 saturated carbocycles. The van der Waals surface area contributed by atoms with Crippen molar-refractivity contribution in [2.75, 3.05) is 18.5 Å². The van der Waals surface area contributed by atoms with Crippen LogP contribution in [0.3, 0.4) is 0 Å². The summed E-state index contributed by atoms with van der Waals surface area (Å²) in [5.74, 6) is 1.02. The molecule has 1 aliphatic heterocycles. The number of amides is 1. The number of anilines is 1. The van der Waals surface area contributed by atoms with E-state index in [0.717, 1.165) is 24.5 Å². The summed E-state index contributed by atoms with van der Waals surface area (Å²) in [5, 5.41) is 12.5. The van der Waals surface area contributed by atoms with Gasteiger partial charge in [0.1, 0.15) is 17.4 Å². The first-order valence-corrected chi connectivity index (χ1v) is 9.09. The highest BCUT2D eigenvalue weighted by molar-refractivity contribution is 7.15. The maximum absolute atomic E-state index is 12.4. The molecule has 2 aromatic rings. The number of benzene rings is 1. The van der Waals surface area contributed by atoms with E-state index in [9.17, 15) is 4.79 Å². The van der Waals surface area contributed by atoms with Crippen LogP contribution in [0.1, 0.15) is 47.0 Å². The molecule has 0 radical (unpaired) electrons. The van der Waals surface area contributed by atoms with Gasteiger partial charge in [-0.15, -0.1) is 10.2 Å². The van der Waals surface area contributed by atoms with Crippen LogP contribution in [0, 0.1) is 0 Å². The number of rotatable bonds is 6. The number of hydrogen-bond donors (Lipinski definition) is 1. The van der Waals surface area contributed by atoms with Crippen molar-refractivity contribution in [3.63, 3.8) is 0 Å². The smallest absolute Gasteiger partial charge is 0.257 e. The first kappa shape index (κ1) is 15.5. The molecule has 1 saturated heterocycles. The second-order valence-corrected chi connectivity index (χ2v) is 7.16. The average molecular weight is 345 g/mol. The van der Waals surface area contributed by atoms with Gasteiger partial charge in [-0.25, -0.2) is 0 Å². The molecule has 1 aromatic carbocycles. The lowest BCUT2D eigenvalue weighted by Crippen LogP contribution is -2.17. The van der Waals surface area contributed by atoms with Crippen LogP contribution < -0.4 is 10.1 Å². The molecule has 1 unspecified atom stereocenters. The molecule has 4 rings (SSSR count). The topological polar surface area (TPSA) is 73.3 Å². The number of ether oxygens (including phenoxy) is 2. The molecule has 126 valence electrons. The van der Waals surface area contributed by atoms with Gasteiger partial charge >= 0.3 is 0 Å². The number of carbonyl (C=O) groups is 1. The Morgan fingerprint density at radius 1 is 1.33 bits per heavy atom. The molecule has 2 aliphatic rings. The van der Waals surface area contributed by atoms with E-state index in [1.54, 1.807) is 12.1 Å². The predicted molar refractivity (Wildman–Crippen MR) is 90.7 cm³/mol. The van der Waals surface area contributed by atoms with E-state index in [1.165, 1.54) is 24.2 Å². The molecule has 0 bridgehead atoms. The zero-order chi connectivity index (χ0) is 16.4. The lowest BCUT2D eigenvalue weighted by molar-refractivity contribution is 0.0679. The van der Waals surface area contributed by atoms with Crippen molar-refractivity contribution in [2.24, 2.45) is 0 Å². The van der Waals surface area contributed by atoms with E-state index in [4.69, 9.17) is 9.47 Å². The third kappa shape index (κ3) is 3.73. The molecule has 1 atom stereocenters. The van der Waals surface area contributed by atoms with Gasteiger partial charge in [0.25, 0.3) is 5.91 Å². The lowest BCUT2D eigenvalue weighted by atomic mass is 10.2. The number of hydrogen-bond acceptors (Lipinski definition) is 6. The second-order valence-electron chi connectivity index (χ2n) is 6.15. The van der Waals surface area contributed by atoms with Gasteiger partial charge in [0.15, 0.2) is 0 Å². The first-order valence-electron chi connectivity index (χ1n) is 8.27. The van der Waals surface area contributed by atoms with E-state index in [1.807, 2.05) is 12.1 Å². The standard InChI is InChI=1S/C17H19N3O3S/c21-15(18-17-20-19-16(24-17)11-6-7-11)12-3-1-4-13(9-12)23-10-14-5-2-8-22-14/h1,3-4,9,11,14H,2,5-8,10H2,(H,18,20,21). The average Bonchev–Trinajstić information content (AvgIpc) is 3.12. The summed E-state index contributed by atoms with van der Waals surface area (Å²) in [5.41, 5.74) is 0.544. The SMILES string of the molecule is O=C(Nc1nnc(C2CC2)s1)c1cccc(OCC2CCCO2)c1. The fourth-order valence-corrected chi connectivity index (χ4v) is 3.55. The van der Waals surface area contributed by atoms with Gasteiger partial charge < -0.3 is 9.47 Å². The summed E-state index contributed by atoms with van der Waals surface area (Å²) in [7, 11) is 0. The van der Waals surface area contributed by atoms with Gasteiger partial charge in [-0.2, -0.15) is 0 Å². The molecule has 6 nitrogen and oxygen atoms in total. The van der Waals surface area contributed by atoms with E-state index in [-0.39, 0.29) is 12.0 Å². The van der Waals surface area contributed by atoms with E-state index >= 15 is 0 Å². The third-order valence-electron chi connectivity index (χ3n) is 4.14. The monoisotopic (exact) mass is 345 g/mol.